The van der Waals surface area contributed by atoms with E-state index >= 15 is 0 Å². The van der Waals surface area contributed by atoms with Gasteiger partial charge < -0.3 is 20.6 Å². The van der Waals surface area contributed by atoms with E-state index in [9.17, 15) is 14.7 Å². The average Bonchev–Trinajstić information content (AvgIpc) is 3.42. The Labute approximate surface area is 192 Å². The fraction of sp³-hybridized carbons (Fsp3) is 0.320. The van der Waals surface area contributed by atoms with Gasteiger partial charge in [-0.05, 0) is 24.1 Å². The smallest absolute Gasteiger partial charge is 0.246 e. The van der Waals surface area contributed by atoms with Crippen molar-refractivity contribution < 1.29 is 14.7 Å². The Balaban J connectivity index is 1.24. The van der Waals surface area contributed by atoms with E-state index in [0.29, 0.717) is 25.9 Å². The maximum absolute atomic E-state index is 13.1. The minimum absolute atomic E-state index is 0.0287. The second kappa shape index (κ2) is 8.71. The highest BCUT2D eigenvalue weighted by Crippen LogP contribution is 2.26. The first-order valence-corrected chi connectivity index (χ1v) is 11.2. The lowest BCUT2D eigenvalue weighted by atomic mass is 10.0. The van der Waals surface area contributed by atoms with Crippen LogP contribution in [0.5, 0.6) is 5.75 Å². The molecule has 0 bridgehead atoms. The van der Waals surface area contributed by atoms with Crippen molar-refractivity contribution in [2.24, 2.45) is 7.05 Å². The lowest BCUT2D eigenvalue weighted by Gasteiger charge is -2.34. The molecule has 2 fully saturated rings. The molecule has 3 atom stereocenters. The number of phenols is 1. The van der Waals surface area contributed by atoms with Crippen molar-refractivity contribution in [2.75, 3.05) is 6.54 Å². The van der Waals surface area contributed by atoms with E-state index < -0.39 is 12.1 Å². The van der Waals surface area contributed by atoms with Crippen LogP contribution in [0.3, 0.4) is 0 Å². The van der Waals surface area contributed by atoms with E-state index in [1.165, 1.54) is 0 Å². The third-order valence-corrected chi connectivity index (χ3v) is 6.41. The summed E-state index contributed by atoms with van der Waals surface area (Å²) in [4.78, 5) is 27.6. The predicted octanol–water partition coefficient (Wildman–Crippen LogP) is 1.59. The van der Waals surface area contributed by atoms with Crippen LogP contribution in [0.4, 0.5) is 0 Å². The fourth-order valence-electron chi connectivity index (χ4n) is 4.77. The van der Waals surface area contributed by atoms with E-state index in [4.69, 9.17) is 0 Å². The van der Waals surface area contributed by atoms with Crippen LogP contribution in [0.1, 0.15) is 17.5 Å². The van der Waals surface area contributed by atoms with E-state index in [-0.39, 0.29) is 23.6 Å². The largest absolute Gasteiger partial charge is 0.508 e. The van der Waals surface area contributed by atoms with Crippen LogP contribution in [0, 0.1) is 0 Å². The lowest BCUT2D eigenvalue weighted by Crippen LogP contribution is -2.61. The van der Waals surface area contributed by atoms with Crippen molar-refractivity contribution in [3.63, 3.8) is 0 Å². The third-order valence-electron chi connectivity index (χ3n) is 6.41. The van der Waals surface area contributed by atoms with Gasteiger partial charge in [-0.1, -0.05) is 42.5 Å². The van der Waals surface area contributed by atoms with Crippen LogP contribution in [0.2, 0.25) is 0 Å². The van der Waals surface area contributed by atoms with Crippen molar-refractivity contribution in [1.82, 2.24) is 25.3 Å². The molecular formula is C25H27N5O3. The Kier molecular flexibility index (Phi) is 5.60. The van der Waals surface area contributed by atoms with Gasteiger partial charge in [0.1, 0.15) is 17.8 Å². The molecule has 2 aromatic carbocycles. The van der Waals surface area contributed by atoms with Crippen LogP contribution in [0.15, 0.2) is 60.8 Å². The zero-order chi connectivity index (χ0) is 22.9. The van der Waals surface area contributed by atoms with Gasteiger partial charge in [0.15, 0.2) is 0 Å². The number of rotatable bonds is 6. The monoisotopic (exact) mass is 445 g/mol. The quantitative estimate of drug-likeness (QED) is 0.535. The van der Waals surface area contributed by atoms with Crippen molar-refractivity contribution in [2.45, 2.75) is 37.5 Å². The molecule has 33 heavy (non-hydrogen) atoms. The van der Waals surface area contributed by atoms with Crippen molar-refractivity contribution in [3.8, 4) is 17.0 Å². The topological polar surface area (TPSA) is 99.5 Å². The highest BCUT2D eigenvalue weighted by atomic mass is 16.3. The Bertz CT molecular complexity index is 1160. The third kappa shape index (κ3) is 4.34. The molecule has 8 nitrogen and oxygen atoms in total. The Morgan fingerprint density at radius 1 is 1.12 bits per heavy atom. The summed E-state index contributed by atoms with van der Waals surface area (Å²) in [5.74, 6) is 0.0210. The van der Waals surface area contributed by atoms with E-state index in [2.05, 4.69) is 15.7 Å². The number of hydrogen-bond donors (Lipinski definition) is 3. The summed E-state index contributed by atoms with van der Waals surface area (Å²) >= 11 is 0. The molecular weight excluding hydrogens is 418 g/mol. The van der Waals surface area contributed by atoms with Crippen LogP contribution in [-0.4, -0.2) is 56.3 Å². The molecule has 3 N–H and O–H groups in total. The molecule has 2 saturated heterocycles. The number of piperazine rings is 1. The van der Waals surface area contributed by atoms with Gasteiger partial charge in [-0.15, -0.1) is 0 Å². The summed E-state index contributed by atoms with van der Waals surface area (Å²) in [6.45, 7) is 1.11. The number of fused-ring (bicyclic) bond motifs is 1. The number of hydrogen-bond acceptors (Lipinski definition) is 5. The SMILES string of the molecule is Cn1cc(CN[C@H]2C[C@H]3C(=O)N[C@@H](Cc4ccc(O)cc4)C(=O)N3C2)c(-c2ccccc2)n1. The molecule has 170 valence electrons. The van der Waals surface area contributed by atoms with Gasteiger partial charge >= 0.3 is 0 Å². The maximum atomic E-state index is 13.1. The van der Waals surface area contributed by atoms with Crippen molar-refractivity contribution in [3.05, 3.63) is 71.9 Å². The fourth-order valence-corrected chi connectivity index (χ4v) is 4.77. The van der Waals surface area contributed by atoms with Gasteiger partial charge in [0.25, 0.3) is 0 Å². The van der Waals surface area contributed by atoms with E-state index in [1.54, 1.807) is 29.2 Å². The molecule has 2 aliphatic rings. The van der Waals surface area contributed by atoms with E-state index in [0.717, 1.165) is 22.4 Å². The molecule has 8 heteroatoms. The molecule has 0 unspecified atom stereocenters. The standard InChI is InChI=1S/C25H27N5O3/c1-29-14-18(23(28-29)17-5-3-2-4-6-17)13-26-19-12-22-24(32)27-21(25(33)30(22)15-19)11-16-7-9-20(31)10-8-16/h2-10,14,19,21-22,26,31H,11-13,15H2,1H3,(H,27,32)/t19-,21-,22-/m0/s1. The molecule has 3 aromatic rings. The summed E-state index contributed by atoms with van der Waals surface area (Å²) in [5.41, 5.74) is 3.97. The molecule has 0 spiro atoms. The van der Waals surface area contributed by atoms with Gasteiger partial charge in [-0.3, -0.25) is 14.3 Å². The molecule has 2 aliphatic heterocycles. The van der Waals surface area contributed by atoms with Gasteiger partial charge in [0, 0.05) is 49.9 Å². The lowest BCUT2D eigenvalue weighted by molar-refractivity contribution is -0.147. The van der Waals surface area contributed by atoms with Crippen molar-refractivity contribution >= 4 is 11.8 Å². The van der Waals surface area contributed by atoms with Crippen LogP contribution < -0.4 is 10.6 Å². The Morgan fingerprint density at radius 2 is 1.88 bits per heavy atom. The second-order valence-corrected chi connectivity index (χ2v) is 8.79. The van der Waals surface area contributed by atoms with Gasteiger partial charge in [-0.25, -0.2) is 0 Å². The summed E-state index contributed by atoms with van der Waals surface area (Å²) in [6.07, 6.45) is 3.00. The molecule has 5 rings (SSSR count). The zero-order valence-corrected chi connectivity index (χ0v) is 18.4. The number of aromatic nitrogens is 2. The van der Waals surface area contributed by atoms with Crippen molar-refractivity contribution in [1.29, 1.82) is 0 Å². The average molecular weight is 446 g/mol. The zero-order valence-electron chi connectivity index (χ0n) is 18.4. The Morgan fingerprint density at radius 3 is 2.64 bits per heavy atom. The summed E-state index contributed by atoms with van der Waals surface area (Å²) in [5, 5.41) is 20.5. The molecule has 1 aromatic heterocycles. The number of nitrogens with one attached hydrogen (secondary N) is 2. The van der Waals surface area contributed by atoms with Crippen LogP contribution in [0.25, 0.3) is 11.3 Å². The number of phenolic OH excluding ortho intramolecular Hbond substituents is 1. The molecule has 0 saturated carbocycles. The van der Waals surface area contributed by atoms with Gasteiger partial charge in [-0.2, -0.15) is 5.10 Å². The highest BCUT2D eigenvalue weighted by Gasteiger charge is 2.46. The maximum Gasteiger partial charge on any atom is 0.246 e. The summed E-state index contributed by atoms with van der Waals surface area (Å²) in [6, 6.07) is 15.8. The van der Waals surface area contributed by atoms with Gasteiger partial charge in [0.05, 0.1) is 5.69 Å². The normalized spacial score (nSPS) is 22.3. The Hall–Kier alpha value is -3.65. The van der Waals surface area contributed by atoms with Crippen LogP contribution in [-0.2, 0) is 29.6 Å². The van der Waals surface area contributed by atoms with Gasteiger partial charge in [0.2, 0.25) is 11.8 Å². The number of aryl methyl sites for hydroxylation is 1. The summed E-state index contributed by atoms with van der Waals surface area (Å²) in [7, 11) is 1.91. The van der Waals surface area contributed by atoms with Crippen LogP contribution >= 0.6 is 0 Å². The minimum Gasteiger partial charge on any atom is -0.508 e. The minimum atomic E-state index is -0.583. The number of nitrogens with zero attached hydrogens (tertiary/aromatic N) is 3. The predicted molar refractivity (Wildman–Crippen MR) is 123 cm³/mol. The first kappa shape index (κ1) is 21.2. The number of carbonyl (C=O) groups excluding carboxylic acids is 2. The molecule has 0 radical (unpaired) electrons. The second-order valence-electron chi connectivity index (χ2n) is 8.79. The molecule has 3 heterocycles. The number of carbonyl (C=O) groups is 2. The molecule has 2 amide bonds. The molecule has 0 aliphatic carbocycles. The number of aromatic hydroxyl groups is 1. The highest BCUT2D eigenvalue weighted by molar-refractivity contribution is 5.97. The number of benzene rings is 2. The number of amides is 2. The first-order chi connectivity index (χ1) is 16.0. The van der Waals surface area contributed by atoms with E-state index in [1.807, 2.05) is 48.3 Å². The summed E-state index contributed by atoms with van der Waals surface area (Å²) < 4.78 is 1.81. The first-order valence-electron chi connectivity index (χ1n) is 11.2.